The van der Waals surface area contributed by atoms with Gasteiger partial charge in [-0.05, 0) is 90.6 Å². The highest BCUT2D eigenvalue weighted by atomic mass is 32.1. The van der Waals surface area contributed by atoms with E-state index in [1.807, 2.05) is 24.3 Å². The summed E-state index contributed by atoms with van der Waals surface area (Å²) in [6.07, 6.45) is 4.59. The summed E-state index contributed by atoms with van der Waals surface area (Å²) in [7, 11) is 0. The second kappa shape index (κ2) is 10.7. The second-order valence-corrected chi connectivity index (χ2v) is 13.8. The summed E-state index contributed by atoms with van der Waals surface area (Å²) in [4.78, 5) is 42.9. The topological polar surface area (TPSA) is 98.8 Å². The fourth-order valence-corrected chi connectivity index (χ4v) is 9.49. The molecule has 2 heterocycles. The molecular weight excluding hydrogens is 642 g/mol. The molecule has 4 aromatic rings. The Labute approximate surface area is 275 Å². The number of thiophene rings is 2. The summed E-state index contributed by atoms with van der Waals surface area (Å²) in [5, 5.41) is 19.5. The summed E-state index contributed by atoms with van der Waals surface area (Å²) in [5.74, 6) is -4.74. The molecule has 230 valence electrons. The van der Waals surface area contributed by atoms with Gasteiger partial charge < -0.3 is 0 Å². The SMILES string of the molecule is CCC1(CC)c2cc(C=C3C(=O)c4cc(F)c(F)cc4C3=O)sc2-c2sc(/C=C3\C(=O)c4cc(F)c(C)cc4C3=C(C#N)C#N)cc21. The first-order chi connectivity index (χ1) is 22.5. The zero-order valence-electron chi connectivity index (χ0n) is 25.1. The van der Waals surface area contributed by atoms with Crippen molar-refractivity contribution in [2.24, 2.45) is 0 Å². The Morgan fingerprint density at radius 3 is 1.64 bits per heavy atom. The largest absolute Gasteiger partial charge is 0.289 e. The van der Waals surface area contributed by atoms with E-state index < -0.39 is 40.2 Å². The van der Waals surface area contributed by atoms with Crippen LogP contribution in [-0.2, 0) is 5.41 Å². The van der Waals surface area contributed by atoms with E-state index in [1.165, 1.54) is 34.8 Å². The van der Waals surface area contributed by atoms with Crippen LogP contribution in [0.1, 0.15) is 89.8 Å². The Hall–Kier alpha value is -5.16. The number of carbonyl (C=O) groups is 3. The maximum atomic E-state index is 14.5. The Balaban J connectivity index is 1.34. The molecule has 0 saturated carbocycles. The van der Waals surface area contributed by atoms with Crippen LogP contribution in [0.3, 0.4) is 0 Å². The summed E-state index contributed by atoms with van der Waals surface area (Å²) in [5.41, 5.74) is 2.03. The highest BCUT2D eigenvalue weighted by molar-refractivity contribution is 7.23. The van der Waals surface area contributed by atoms with Crippen LogP contribution in [0.4, 0.5) is 13.2 Å². The fourth-order valence-electron chi connectivity index (χ4n) is 6.92. The number of Topliss-reactive ketones (excluding diaryl/α,β-unsaturated/α-hetero) is 3. The summed E-state index contributed by atoms with van der Waals surface area (Å²) in [6, 6.07) is 11.9. The third-order valence-corrected chi connectivity index (χ3v) is 11.7. The van der Waals surface area contributed by atoms with Gasteiger partial charge in [-0.15, -0.1) is 22.7 Å². The van der Waals surface area contributed by atoms with Crippen LogP contribution in [-0.4, -0.2) is 17.3 Å². The number of allylic oxidation sites excluding steroid dienone is 4. The standard InChI is InChI=1S/C37H21F3N2O3S2/c1-4-37(5-2)26-9-18(7-24-31(17(14-41)15-42)20-6-16(3)28(38)11-21(20)32(24)43)46-35(26)36-27(37)10-19(47-36)8-25-33(44)22-12-29(39)30(40)13-23(22)34(25)45/h6-13H,4-5H2,1-3H3/b24-7-. The van der Waals surface area contributed by atoms with Crippen molar-refractivity contribution in [3.63, 3.8) is 0 Å². The first-order valence-corrected chi connectivity index (χ1v) is 16.3. The number of nitrogens with zero attached hydrogens (tertiary/aromatic N) is 2. The number of rotatable bonds is 4. The molecule has 3 aliphatic carbocycles. The molecule has 2 aromatic carbocycles. The van der Waals surface area contributed by atoms with Crippen molar-refractivity contribution >= 4 is 57.7 Å². The molecule has 0 unspecified atom stereocenters. The fraction of sp³-hybridized carbons (Fsp3) is 0.162. The highest BCUT2D eigenvalue weighted by Gasteiger charge is 2.44. The predicted molar refractivity (Wildman–Crippen MR) is 174 cm³/mol. The molecule has 0 bridgehead atoms. The molecule has 47 heavy (non-hydrogen) atoms. The number of hydrogen-bond acceptors (Lipinski definition) is 7. The van der Waals surface area contributed by atoms with Crippen molar-refractivity contribution in [2.75, 3.05) is 0 Å². The molecule has 0 fully saturated rings. The molecule has 7 rings (SSSR count). The lowest BCUT2D eigenvalue weighted by Crippen LogP contribution is -2.22. The second-order valence-electron chi connectivity index (χ2n) is 11.6. The minimum atomic E-state index is -1.20. The van der Waals surface area contributed by atoms with Crippen LogP contribution in [0, 0.1) is 47.0 Å². The van der Waals surface area contributed by atoms with Gasteiger partial charge in [0.1, 0.15) is 23.5 Å². The van der Waals surface area contributed by atoms with Gasteiger partial charge in [-0.1, -0.05) is 13.8 Å². The van der Waals surface area contributed by atoms with Gasteiger partial charge in [0.2, 0.25) is 0 Å². The summed E-state index contributed by atoms with van der Waals surface area (Å²) in [6.45, 7) is 5.69. The molecule has 0 N–H and O–H groups in total. The molecule has 10 heteroatoms. The van der Waals surface area contributed by atoms with Crippen molar-refractivity contribution in [2.45, 2.75) is 39.0 Å². The number of aryl methyl sites for hydroxylation is 1. The first-order valence-electron chi connectivity index (χ1n) is 14.7. The number of ketones is 3. The van der Waals surface area contributed by atoms with E-state index in [0.29, 0.717) is 15.3 Å². The third-order valence-electron chi connectivity index (χ3n) is 9.36. The smallest absolute Gasteiger partial charge is 0.197 e. The maximum Gasteiger partial charge on any atom is 0.197 e. The van der Waals surface area contributed by atoms with Gasteiger partial charge in [-0.25, -0.2) is 13.2 Å². The van der Waals surface area contributed by atoms with Crippen LogP contribution in [0.15, 0.2) is 53.1 Å². The number of hydrogen-bond donors (Lipinski definition) is 0. The molecule has 0 radical (unpaired) electrons. The number of halogens is 3. The van der Waals surface area contributed by atoms with Gasteiger partial charge in [-0.2, -0.15) is 10.5 Å². The molecule has 0 atom stereocenters. The van der Waals surface area contributed by atoms with E-state index in [4.69, 9.17) is 0 Å². The van der Waals surface area contributed by atoms with Gasteiger partial charge >= 0.3 is 0 Å². The van der Waals surface area contributed by atoms with Gasteiger partial charge in [0.05, 0.1) is 5.57 Å². The van der Waals surface area contributed by atoms with Crippen LogP contribution >= 0.6 is 22.7 Å². The predicted octanol–water partition coefficient (Wildman–Crippen LogP) is 9.17. The van der Waals surface area contributed by atoms with Crippen molar-refractivity contribution in [1.29, 1.82) is 10.5 Å². The lowest BCUT2D eigenvalue weighted by atomic mass is 9.75. The van der Waals surface area contributed by atoms with Crippen molar-refractivity contribution in [3.05, 3.63) is 119 Å². The first kappa shape index (κ1) is 30.5. The van der Waals surface area contributed by atoms with Gasteiger partial charge in [-0.3, -0.25) is 14.4 Å². The molecular formula is C37H21F3N2O3S2. The molecule has 0 saturated heterocycles. The normalized spacial score (nSPS) is 16.3. The average Bonchev–Trinajstić information content (AvgIpc) is 3.82. The minimum absolute atomic E-state index is 0.0970. The Bertz CT molecular complexity index is 2290. The van der Waals surface area contributed by atoms with Crippen molar-refractivity contribution in [3.8, 4) is 21.9 Å². The third kappa shape index (κ3) is 4.22. The average molecular weight is 663 g/mol. The van der Waals surface area contributed by atoms with Crippen molar-refractivity contribution in [1.82, 2.24) is 0 Å². The van der Waals surface area contributed by atoms with Gasteiger partial charge in [0.15, 0.2) is 29.0 Å². The Kier molecular flexibility index (Phi) is 6.94. The van der Waals surface area contributed by atoms with E-state index in [9.17, 15) is 38.1 Å². The quantitative estimate of drug-likeness (QED) is 0.123. The monoisotopic (exact) mass is 662 g/mol. The molecule has 3 aliphatic rings. The van der Waals surface area contributed by atoms with E-state index in [2.05, 4.69) is 13.8 Å². The zero-order chi connectivity index (χ0) is 33.5. The summed E-state index contributed by atoms with van der Waals surface area (Å²) >= 11 is 2.82. The van der Waals surface area contributed by atoms with Gasteiger partial charge in [0.25, 0.3) is 0 Å². The minimum Gasteiger partial charge on any atom is -0.289 e. The maximum absolute atomic E-state index is 14.5. The van der Waals surface area contributed by atoms with Crippen LogP contribution in [0.25, 0.3) is 27.5 Å². The van der Waals surface area contributed by atoms with Crippen LogP contribution < -0.4 is 0 Å². The molecule has 0 spiro atoms. The van der Waals surface area contributed by atoms with E-state index >= 15 is 0 Å². The van der Waals surface area contributed by atoms with Crippen LogP contribution in [0.2, 0.25) is 0 Å². The Morgan fingerprint density at radius 1 is 0.702 bits per heavy atom. The highest BCUT2D eigenvalue weighted by Crippen LogP contribution is 2.59. The number of carbonyl (C=O) groups excluding carboxylic acids is 3. The number of nitriles is 2. The van der Waals surface area contributed by atoms with Gasteiger partial charge in [0, 0.05) is 52.8 Å². The Morgan fingerprint density at radius 2 is 1.15 bits per heavy atom. The van der Waals surface area contributed by atoms with Crippen molar-refractivity contribution < 1.29 is 27.6 Å². The molecule has 5 nitrogen and oxygen atoms in total. The van der Waals surface area contributed by atoms with E-state index in [1.54, 1.807) is 13.0 Å². The lowest BCUT2D eigenvalue weighted by Gasteiger charge is -2.28. The van der Waals surface area contributed by atoms with E-state index in [-0.39, 0.29) is 44.5 Å². The summed E-state index contributed by atoms with van der Waals surface area (Å²) < 4.78 is 42.2. The molecule has 0 aliphatic heterocycles. The zero-order valence-corrected chi connectivity index (χ0v) is 26.7. The number of fused-ring (bicyclic) bond motifs is 5. The number of benzene rings is 2. The van der Waals surface area contributed by atoms with E-state index in [0.717, 1.165) is 51.9 Å². The lowest BCUT2D eigenvalue weighted by molar-refractivity contribution is 0.0988. The molecule has 2 aromatic heterocycles. The molecule has 0 amide bonds. The van der Waals surface area contributed by atoms with Crippen LogP contribution in [0.5, 0.6) is 0 Å².